The molecule has 0 spiro atoms. The summed E-state index contributed by atoms with van der Waals surface area (Å²) < 4.78 is 8.02. The van der Waals surface area contributed by atoms with Crippen molar-refractivity contribution >= 4 is 19.0 Å². The van der Waals surface area contributed by atoms with Gasteiger partial charge < -0.3 is 10.1 Å². The lowest BCUT2D eigenvalue weighted by Gasteiger charge is -2.31. The molecule has 0 radical (unpaired) electrons. The first-order valence-corrected chi connectivity index (χ1v) is 15.4. The van der Waals surface area contributed by atoms with Crippen LogP contribution in [0.3, 0.4) is 0 Å². The molecule has 3 aromatic rings. The van der Waals surface area contributed by atoms with Crippen molar-refractivity contribution in [1.29, 1.82) is 0 Å². The molecule has 1 aliphatic heterocycles. The summed E-state index contributed by atoms with van der Waals surface area (Å²) in [4.78, 5) is 0. The summed E-state index contributed by atoms with van der Waals surface area (Å²) in [6.07, 6.45) is 5.30. The van der Waals surface area contributed by atoms with E-state index < -0.39 is 8.07 Å². The first-order chi connectivity index (χ1) is 14.9. The lowest BCUT2D eigenvalue weighted by molar-refractivity contribution is 0.0817. The molecule has 2 heterocycles. The number of nitrogens with zero attached hydrogens (tertiary/aromatic N) is 2. The Balaban J connectivity index is 1.62. The second kappa shape index (κ2) is 9.27. The Morgan fingerprint density at radius 1 is 1.16 bits per heavy atom. The maximum absolute atomic E-state index is 5.99. The Morgan fingerprint density at radius 2 is 1.97 bits per heavy atom. The van der Waals surface area contributed by atoms with E-state index in [1.54, 1.807) is 0 Å². The summed E-state index contributed by atoms with van der Waals surface area (Å²) in [5.41, 5.74) is 5.69. The summed E-state index contributed by atoms with van der Waals surface area (Å²) in [5, 5.41) is 9.53. The molecule has 31 heavy (non-hydrogen) atoms. The number of ether oxygens (including phenoxy) is 1. The molecule has 1 atom stereocenters. The molecule has 1 aromatic heterocycles. The van der Waals surface area contributed by atoms with Crippen LogP contribution in [0, 0.1) is 0 Å². The zero-order valence-electron chi connectivity index (χ0n) is 19.6. The van der Waals surface area contributed by atoms with E-state index >= 15 is 0 Å². The summed E-state index contributed by atoms with van der Waals surface area (Å²) in [6, 6.07) is 16.9. The molecule has 4 rings (SSSR count). The van der Waals surface area contributed by atoms with Gasteiger partial charge in [-0.3, -0.25) is 0 Å². The van der Waals surface area contributed by atoms with Gasteiger partial charge in [-0.05, 0) is 60.7 Å². The maximum atomic E-state index is 5.99. The monoisotopic (exact) mass is 435 g/mol. The highest BCUT2D eigenvalue weighted by molar-refractivity contribution is 6.76. The normalized spacial score (nSPS) is 19.4. The molecule has 5 heteroatoms. The molecule has 2 aromatic carbocycles. The molecule has 166 valence electrons. The van der Waals surface area contributed by atoms with Crippen molar-refractivity contribution in [1.82, 2.24) is 15.1 Å². The number of hydrogen-bond donors (Lipinski definition) is 1. The third-order valence-corrected chi connectivity index (χ3v) is 8.36. The predicted molar refractivity (Wildman–Crippen MR) is 133 cm³/mol. The quantitative estimate of drug-likeness (QED) is 0.362. The van der Waals surface area contributed by atoms with Gasteiger partial charge in [-0.25, -0.2) is 4.68 Å². The largest absolute Gasteiger partial charge is 0.360 e. The number of fused-ring (bicyclic) bond motifs is 1. The lowest BCUT2D eigenvalue weighted by Crippen LogP contribution is -2.32. The lowest BCUT2D eigenvalue weighted by atomic mass is 9.72. The van der Waals surface area contributed by atoms with Crippen molar-refractivity contribution < 1.29 is 4.74 Å². The maximum Gasteiger partial charge on any atom is 0.139 e. The molecular weight excluding hydrogens is 398 g/mol. The van der Waals surface area contributed by atoms with Crippen molar-refractivity contribution in [2.24, 2.45) is 0 Å². The van der Waals surface area contributed by atoms with E-state index in [0.29, 0.717) is 6.73 Å². The molecule has 1 unspecified atom stereocenters. The van der Waals surface area contributed by atoms with Crippen molar-refractivity contribution in [2.45, 2.75) is 64.0 Å². The second-order valence-corrected chi connectivity index (χ2v) is 15.9. The van der Waals surface area contributed by atoms with E-state index in [1.165, 1.54) is 40.1 Å². The van der Waals surface area contributed by atoms with Crippen LogP contribution in [0.5, 0.6) is 0 Å². The van der Waals surface area contributed by atoms with E-state index in [4.69, 9.17) is 4.74 Å². The van der Waals surface area contributed by atoms with E-state index in [9.17, 15) is 0 Å². The molecule has 0 aliphatic carbocycles. The number of hydrogen-bond acceptors (Lipinski definition) is 3. The highest BCUT2D eigenvalue weighted by atomic mass is 28.3. The number of benzene rings is 2. The smallest absolute Gasteiger partial charge is 0.139 e. The van der Waals surface area contributed by atoms with Gasteiger partial charge in [0.1, 0.15) is 6.73 Å². The molecule has 0 saturated carbocycles. The summed E-state index contributed by atoms with van der Waals surface area (Å²) in [7, 11) is -1.07. The Morgan fingerprint density at radius 3 is 2.65 bits per heavy atom. The third kappa shape index (κ3) is 5.11. The van der Waals surface area contributed by atoms with E-state index in [0.717, 1.165) is 32.5 Å². The topological polar surface area (TPSA) is 39.1 Å². The van der Waals surface area contributed by atoms with Gasteiger partial charge in [0.15, 0.2) is 0 Å². The van der Waals surface area contributed by atoms with Crippen LogP contribution < -0.4 is 5.32 Å². The van der Waals surface area contributed by atoms with Crippen LogP contribution in [0.4, 0.5) is 0 Å². The van der Waals surface area contributed by atoms with Gasteiger partial charge in [0.25, 0.3) is 0 Å². The zero-order chi connectivity index (χ0) is 21.9. The minimum Gasteiger partial charge on any atom is -0.360 e. The van der Waals surface area contributed by atoms with Crippen molar-refractivity contribution in [3.63, 3.8) is 0 Å². The molecule has 0 amide bonds. The first-order valence-electron chi connectivity index (χ1n) is 11.7. The Labute approximate surface area is 188 Å². The number of rotatable bonds is 9. The minimum atomic E-state index is -1.07. The average Bonchev–Trinajstić information content (AvgIpc) is 3.38. The molecule has 1 aliphatic rings. The predicted octanol–water partition coefficient (Wildman–Crippen LogP) is 5.38. The summed E-state index contributed by atoms with van der Waals surface area (Å²) in [6.45, 7) is 12.9. The Bertz CT molecular complexity index is 1000. The Kier molecular flexibility index (Phi) is 6.65. The molecule has 0 bridgehead atoms. The fourth-order valence-electron chi connectivity index (χ4n) is 4.79. The average molecular weight is 436 g/mol. The fourth-order valence-corrected chi connectivity index (χ4v) is 5.55. The van der Waals surface area contributed by atoms with E-state index in [-0.39, 0.29) is 5.41 Å². The molecule has 1 saturated heterocycles. The molecule has 1 N–H and O–H groups in total. The first kappa shape index (κ1) is 22.2. The van der Waals surface area contributed by atoms with Crippen LogP contribution in [0.25, 0.3) is 10.9 Å². The van der Waals surface area contributed by atoms with Gasteiger partial charge in [-0.2, -0.15) is 5.10 Å². The number of aromatic nitrogens is 2. The molecular formula is C26H37N3OSi. The standard InChI is InChI=1S/C26H37N3OSi/c1-5-22-16-25-23(18-28-29(25)20-30-13-14-31(2,3)4)15-24(22)26(11-12-27-19-26)17-21-9-7-6-8-10-21/h6-10,15-16,18,27H,5,11-14,17,19-20H2,1-4H3. The van der Waals surface area contributed by atoms with Crippen molar-refractivity contribution in [3.05, 3.63) is 65.4 Å². The fraction of sp³-hybridized carbons (Fsp3) is 0.500. The van der Waals surface area contributed by atoms with Crippen LogP contribution in [0.15, 0.2) is 48.7 Å². The van der Waals surface area contributed by atoms with Crippen LogP contribution >= 0.6 is 0 Å². The molecule has 4 nitrogen and oxygen atoms in total. The van der Waals surface area contributed by atoms with Gasteiger partial charge >= 0.3 is 0 Å². The van der Waals surface area contributed by atoms with E-state index in [2.05, 4.69) is 79.4 Å². The minimum absolute atomic E-state index is 0.150. The third-order valence-electron chi connectivity index (χ3n) is 6.66. The van der Waals surface area contributed by atoms with Crippen LogP contribution in [-0.2, 0) is 29.7 Å². The van der Waals surface area contributed by atoms with Crippen molar-refractivity contribution in [2.75, 3.05) is 19.7 Å². The zero-order valence-corrected chi connectivity index (χ0v) is 20.6. The van der Waals surface area contributed by atoms with E-state index in [1.807, 2.05) is 10.9 Å². The number of nitrogens with one attached hydrogen (secondary N) is 1. The van der Waals surface area contributed by atoms with Crippen LogP contribution in [0.2, 0.25) is 25.7 Å². The summed E-state index contributed by atoms with van der Waals surface area (Å²) in [5.74, 6) is 0. The van der Waals surface area contributed by atoms with Crippen LogP contribution in [-0.4, -0.2) is 37.6 Å². The van der Waals surface area contributed by atoms with Crippen LogP contribution in [0.1, 0.15) is 30.0 Å². The van der Waals surface area contributed by atoms with Crippen molar-refractivity contribution in [3.8, 4) is 0 Å². The highest BCUT2D eigenvalue weighted by Crippen LogP contribution is 2.38. The molecule has 1 fully saturated rings. The Hall–Kier alpha value is -1.95. The highest BCUT2D eigenvalue weighted by Gasteiger charge is 2.37. The van der Waals surface area contributed by atoms with Gasteiger partial charge in [0.05, 0.1) is 11.7 Å². The van der Waals surface area contributed by atoms with Gasteiger partial charge in [-0.15, -0.1) is 0 Å². The number of aryl methyl sites for hydroxylation is 1. The van der Waals surface area contributed by atoms with Gasteiger partial charge in [0, 0.05) is 32.0 Å². The summed E-state index contributed by atoms with van der Waals surface area (Å²) >= 11 is 0. The van der Waals surface area contributed by atoms with Gasteiger partial charge in [-0.1, -0.05) is 56.9 Å². The SMILES string of the molecule is CCc1cc2c(cnn2COCC[Si](C)(C)C)cc1C1(Cc2ccccc2)CCNC1. The van der Waals surface area contributed by atoms with Gasteiger partial charge in [0.2, 0.25) is 0 Å². The second-order valence-electron chi connectivity index (χ2n) is 10.3.